The number of anilines is 1. The maximum absolute atomic E-state index is 13.0. The zero-order chi connectivity index (χ0) is 23.7. The minimum Gasteiger partial charge on any atom is -0.368 e. The number of hydrogen-bond donors (Lipinski definition) is 0. The molecule has 0 saturated carbocycles. The second-order valence-electron chi connectivity index (χ2n) is 8.21. The van der Waals surface area contributed by atoms with Gasteiger partial charge in [-0.2, -0.15) is 5.10 Å². The minimum absolute atomic E-state index is 0.0930. The van der Waals surface area contributed by atoms with Crippen molar-refractivity contribution >= 4 is 45.6 Å². The van der Waals surface area contributed by atoms with E-state index in [9.17, 15) is 9.59 Å². The Bertz CT molecular complexity index is 1420. The van der Waals surface area contributed by atoms with E-state index in [0.29, 0.717) is 41.9 Å². The third-order valence-corrected chi connectivity index (χ3v) is 6.86. The van der Waals surface area contributed by atoms with Crippen molar-refractivity contribution < 1.29 is 4.79 Å². The first-order valence-electron chi connectivity index (χ1n) is 11.0. The SMILES string of the molecule is O=C(Cn1nc(-c2cccc3ccccc23)ccc1=O)N1CCN(c2ccc(Cl)c(Cl)c2)CC1. The number of amides is 1. The quantitative estimate of drug-likeness (QED) is 0.413. The van der Waals surface area contributed by atoms with Crippen LogP contribution in [0.4, 0.5) is 5.69 Å². The minimum atomic E-state index is -0.299. The van der Waals surface area contributed by atoms with E-state index in [1.807, 2.05) is 54.6 Å². The van der Waals surface area contributed by atoms with Gasteiger partial charge in [-0.25, -0.2) is 4.68 Å². The van der Waals surface area contributed by atoms with Crippen LogP contribution in [0.2, 0.25) is 10.0 Å². The molecule has 5 rings (SSSR count). The molecule has 2 heterocycles. The highest BCUT2D eigenvalue weighted by Crippen LogP contribution is 2.28. The summed E-state index contributed by atoms with van der Waals surface area (Å²) in [6.45, 7) is 2.35. The molecule has 1 fully saturated rings. The molecule has 6 nitrogen and oxygen atoms in total. The number of carbonyl (C=O) groups excluding carboxylic acids is 1. The molecule has 0 unspecified atom stereocenters. The van der Waals surface area contributed by atoms with Crippen LogP contribution < -0.4 is 10.5 Å². The van der Waals surface area contributed by atoms with Gasteiger partial charge >= 0.3 is 0 Å². The van der Waals surface area contributed by atoms with Crippen molar-refractivity contribution in [2.45, 2.75) is 6.54 Å². The van der Waals surface area contributed by atoms with Crippen molar-refractivity contribution in [1.29, 1.82) is 0 Å². The third kappa shape index (κ3) is 4.52. The zero-order valence-corrected chi connectivity index (χ0v) is 19.8. The lowest BCUT2D eigenvalue weighted by molar-refractivity contribution is -0.132. The van der Waals surface area contributed by atoms with Gasteiger partial charge in [0.1, 0.15) is 6.54 Å². The summed E-state index contributed by atoms with van der Waals surface area (Å²) in [6.07, 6.45) is 0. The van der Waals surface area contributed by atoms with Crippen molar-refractivity contribution in [2.75, 3.05) is 31.1 Å². The molecule has 4 aromatic rings. The average molecular weight is 493 g/mol. The molecule has 0 radical (unpaired) electrons. The molecule has 1 aromatic heterocycles. The normalized spacial score (nSPS) is 13.9. The van der Waals surface area contributed by atoms with Crippen LogP contribution in [0.5, 0.6) is 0 Å². The van der Waals surface area contributed by atoms with E-state index >= 15 is 0 Å². The van der Waals surface area contributed by atoms with Crippen LogP contribution in [0.25, 0.3) is 22.0 Å². The Balaban J connectivity index is 1.31. The second kappa shape index (κ2) is 9.49. The standard InChI is InChI=1S/C26H22Cl2N4O2/c27-22-9-8-19(16-23(22)28)30-12-14-31(15-13-30)26(34)17-32-25(33)11-10-24(29-32)21-7-3-5-18-4-1-2-6-20(18)21/h1-11,16H,12-15,17H2. The molecular formula is C26H22Cl2N4O2. The fourth-order valence-electron chi connectivity index (χ4n) is 4.28. The Labute approximate surface area is 206 Å². The predicted molar refractivity (Wildman–Crippen MR) is 137 cm³/mol. The van der Waals surface area contributed by atoms with E-state index in [1.54, 1.807) is 17.0 Å². The molecule has 0 N–H and O–H groups in total. The molecular weight excluding hydrogens is 471 g/mol. The average Bonchev–Trinajstić information content (AvgIpc) is 2.87. The van der Waals surface area contributed by atoms with E-state index in [-0.39, 0.29) is 18.0 Å². The molecule has 1 aliphatic rings. The van der Waals surface area contributed by atoms with Gasteiger partial charge in [-0.1, -0.05) is 65.7 Å². The van der Waals surface area contributed by atoms with Crippen molar-refractivity contribution in [3.63, 3.8) is 0 Å². The molecule has 1 saturated heterocycles. The summed E-state index contributed by atoms with van der Waals surface area (Å²) >= 11 is 12.2. The van der Waals surface area contributed by atoms with E-state index in [0.717, 1.165) is 22.0 Å². The first kappa shape index (κ1) is 22.4. The van der Waals surface area contributed by atoms with E-state index < -0.39 is 0 Å². The van der Waals surface area contributed by atoms with Crippen molar-refractivity contribution in [2.24, 2.45) is 0 Å². The maximum Gasteiger partial charge on any atom is 0.267 e. The zero-order valence-electron chi connectivity index (χ0n) is 18.3. The van der Waals surface area contributed by atoms with Crippen LogP contribution >= 0.6 is 23.2 Å². The largest absolute Gasteiger partial charge is 0.368 e. The lowest BCUT2D eigenvalue weighted by Gasteiger charge is -2.36. The highest BCUT2D eigenvalue weighted by atomic mass is 35.5. The smallest absolute Gasteiger partial charge is 0.267 e. The molecule has 8 heteroatoms. The Morgan fingerprint density at radius 1 is 0.853 bits per heavy atom. The molecule has 0 aliphatic carbocycles. The van der Waals surface area contributed by atoms with Crippen LogP contribution in [0.1, 0.15) is 0 Å². The fraction of sp³-hybridized carbons (Fsp3) is 0.192. The van der Waals surface area contributed by atoms with Crippen molar-refractivity contribution in [3.05, 3.63) is 93.2 Å². The van der Waals surface area contributed by atoms with E-state index in [4.69, 9.17) is 23.2 Å². The molecule has 1 amide bonds. The Morgan fingerprint density at radius 3 is 2.41 bits per heavy atom. The summed E-state index contributed by atoms with van der Waals surface area (Å²) in [6, 6.07) is 22.7. The number of aromatic nitrogens is 2. The van der Waals surface area contributed by atoms with Crippen LogP contribution in [-0.2, 0) is 11.3 Å². The first-order valence-corrected chi connectivity index (χ1v) is 11.8. The summed E-state index contributed by atoms with van der Waals surface area (Å²) in [5.41, 5.74) is 2.26. The molecule has 0 atom stereocenters. The Morgan fingerprint density at radius 2 is 1.62 bits per heavy atom. The van der Waals surface area contributed by atoms with Crippen molar-refractivity contribution in [3.8, 4) is 11.3 Å². The molecule has 3 aromatic carbocycles. The van der Waals surface area contributed by atoms with Gasteiger partial charge in [-0.05, 0) is 35.0 Å². The number of fused-ring (bicyclic) bond motifs is 1. The highest BCUT2D eigenvalue weighted by molar-refractivity contribution is 6.42. The van der Waals surface area contributed by atoms with E-state index in [2.05, 4.69) is 10.00 Å². The number of piperazine rings is 1. The molecule has 0 bridgehead atoms. The maximum atomic E-state index is 13.0. The highest BCUT2D eigenvalue weighted by Gasteiger charge is 2.22. The van der Waals surface area contributed by atoms with Crippen LogP contribution in [0.3, 0.4) is 0 Å². The fourth-order valence-corrected chi connectivity index (χ4v) is 4.57. The molecule has 34 heavy (non-hydrogen) atoms. The van der Waals surface area contributed by atoms with Gasteiger partial charge in [-0.3, -0.25) is 9.59 Å². The summed E-state index contributed by atoms with van der Waals surface area (Å²) in [7, 11) is 0. The number of halogens is 2. The lowest BCUT2D eigenvalue weighted by Crippen LogP contribution is -2.50. The summed E-state index contributed by atoms with van der Waals surface area (Å²) in [5.74, 6) is -0.126. The topological polar surface area (TPSA) is 58.4 Å². The predicted octanol–water partition coefficient (Wildman–Crippen LogP) is 4.72. The number of carbonyl (C=O) groups is 1. The summed E-state index contributed by atoms with van der Waals surface area (Å²) < 4.78 is 1.25. The van der Waals surface area contributed by atoms with Gasteiger partial charge in [0.15, 0.2) is 0 Å². The summed E-state index contributed by atoms with van der Waals surface area (Å²) in [5, 5.41) is 7.69. The number of nitrogens with zero attached hydrogens (tertiary/aromatic N) is 4. The monoisotopic (exact) mass is 492 g/mol. The second-order valence-corrected chi connectivity index (χ2v) is 9.02. The number of rotatable bonds is 4. The molecule has 172 valence electrons. The van der Waals surface area contributed by atoms with Gasteiger partial charge in [-0.15, -0.1) is 0 Å². The Hall–Kier alpha value is -3.35. The van der Waals surface area contributed by atoms with Gasteiger partial charge in [0.25, 0.3) is 5.56 Å². The third-order valence-electron chi connectivity index (χ3n) is 6.12. The van der Waals surface area contributed by atoms with Gasteiger partial charge in [0.2, 0.25) is 5.91 Å². The van der Waals surface area contributed by atoms with Crippen LogP contribution in [0.15, 0.2) is 77.6 Å². The summed E-state index contributed by atoms with van der Waals surface area (Å²) in [4.78, 5) is 29.4. The Kier molecular flexibility index (Phi) is 6.26. The van der Waals surface area contributed by atoms with Gasteiger partial charge in [0, 0.05) is 43.5 Å². The first-order chi connectivity index (χ1) is 16.5. The van der Waals surface area contributed by atoms with Crippen molar-refractivity contribution in [1.82, 2.24) is 14.7 Å². The van der Waals surface area contributed by atoms with Crippen LogP contribution in [0, 0.1) is 0 Å². The number of benzene rings is 3. The van der Waals surface area contributed by atoms with Gasteiger partial charge in [0.05, 0.1) is 15.7 Å². The molecule has 1 aliphatic heterocycles. The van der Waals surface area contributed by atoms with E-state index in [1.165, 1.54) is 10.7 Å². The van der Waals surface area contributed by atoms with Crippen LogP contribution in [-0.4, -0.2) is 46.8 Å². The van der Waals surface area contributed by atoms with Gasteiger partial charge < -0.3 is 9.80 Å². The molecule has 0 spiro atoms. The number of hydrogen-bond acceptors (Lipinski definition) is 4. The lowest BCUT2D eigenvalue weighted by atomic mass is 10.0.